The van der Waals surface area contributed by atoms with E-state index in [0.29, 0.717) is 5.02 Å². The number of nitrogens with zero attached hydrogens (tertiary/aromatic N) is 2. The molecule has 2 heterocycles. The second-order valence-electron chi connectivity index (χ2n) is 7.50. The van der Waals surface area contributed by atoms with Crippen LogP contribution in [0.1, 0.15) is 40.3 Å². The highest BCUT2D eigenvalue weighted by molar-refractivity contribution is 7.89. The molecule has 2 aromatic rings. The Morgan fingerprint density at radius 2 is 1.84 bits per heavy atom. The molecule has 1 aliphatic rings. The molecule has 1 aromatic heterocycles. The summed E-state index contributed by atoms with van der Waals surface area (Å²) in [5.74, 6) is -0.959. The van der Waals surface area contributed by atoms with Gasteiger partial charge in [-0.2, -0.15) is 0 Å². The highest BCUT2D eigenvalue weighted by atomic mass is 35.5. The molecule has 3 rings (SSSR count). The lowest BCUT2D eigenvalue weighted by Gasteiger charge is -2.35. The third-order valence-corrected chi connectivity index (χ3v) is 6.95. The molecule has 1 unspecified atom stereocenters. The molecule has 9 nitrogen and oxygen atoms in total. The van der Waals surface area contributed by atoms with Crippen LogP contribution in [0.3, 0.4) is 0 Å². The topological polar surface area (TPSA) is 118 Å². The maximum absolute atomic E-state index is 12.9. The minimum atomic E-state index is -3.36. The normalized spacial score (nSPS) is 16.0. The molecule has 11 heteroatoms. The first-order valence-electron chi connectivity index (χ1n) is 10.2. The van der Waals surface area contributed by atoms with Gasteiger partial charge < -0.3 is 14.8 Å². The first-order valence-corrected chi connectivity index (χ1v) is 12.2. The van der Waals surface area contributed by atoms with E-state index in [2.05, 4.69) is 10.0 Å². The number of carbonyl (C=O) groups is 2. The number of benzene rings is 1. The number of rotatable bonds is 8. The number of hydrogen-bond acceptors (Lipinski definition) is 5. The van der Waals surface area contributed by atoms with Crippen LogP contribution in [0.5, 0.6) is 0 Å². The fourth-order valence-corrected chi connectivity index (χ4v) is 4.19. The SMILES string of the molecule is CCS(=O)(=O)NCCN1C(=O)c2ccc(C(=O)NCc3ccc(Cl)cc3)c(=O)n2CC1C. The molecule has 0 aliphatic carbocycles. The van der Waals surface area contributed by atoms with E-state index in [-0.39, 0.29) is 55.1 Å². The Labute approximate surface area is 191 Å². The van der Waals surface area contributed by atoms with E-state index in [1.54, 1.807) is 31.2 Å². The van der Waals surface area contributed by atoms with Gasteiger partial charge in [0, 0.05) is 37.2 Å². The van der Waals surface area contributed by atoms with Gasteiger partial charge in [-0.3, -0.25) is 14.4 Å². The molecular formula is C21H25ClN4O5S. The molecule has 1 aliphatic heterocycles. The van der Waals surface area contributed by atoms with Crippen LogP contribution >= 0.6 is 11.6 Å². The van der Waals surface area contributed by atoms with Crippen molar-refractivity contribution in [1.82, 2.24) is 19.5 Å². The van der Waals surface area contributed by atoms with Gasteiger partial charge in [0.2, 0.25) is 10.0 Å². The summed E-state index contributed by atoms with van der Waals surface area (Å²) in [6, 6.07) is 9.43. The molecule has 1 atom stereocenters. The van der Waals surface area contributed by atoms with Gasteiger partial charge in [0.15, 0.2) is 0 Å². The second-order valence-corrected chi connectivity index (χ2v) is 10.0. The van der Waals surface area contributed by atoms with E-state index in [1.165, 1.54) is 28.5 Å². The van der Waals surface area contributed by atoms with Crippen molar-refractivity contribution in [2.24, 2.45) is 0 Å². The fraction of sp³-hybridized carbons (Fsp3) is 0.381. The number of fused-ring (bicyclic) bond motifs is 1. The van der Waals surface area contributed by atoms with Crippen molar-refractivity contribution in [3.05, 3.63) is 68.6 Å². The van der Waals surface area contributed by atoms with Gasteiger partial charge in [0.05, 0.1) is 5.75 Å². The molecule has 172 valence electrons. The maximum atomic E-state index is 12.9. The summed E-state index contributed by atoms with van der Waals surface area (Å²) < 4.78 is 26.9. The van der Waals surface area contributed by atoms with Gasteiger partial charge in [0.1, 0.15) is 11.3 Å². The van der Waals surface area contributed by atoms with Crippen molar-refractivity contribution in [1.29, 1.82) is 0 Å². The van der Waals surface area contributed by atoms with Crippen LogP contribution in [0, 0.1) is 0 Å². The fourth-order valence-electron chi connectivity index (χ4n) is 3.45. The Hall–Kier alpha value is -2.69. The number of carbonyl (C=O) groups excluding carboxylic acids is 2. The van der Waals surface area contributed by atoms with Crippen LogP contribution in [0.2, 0.25) is 5.02 Å². The number of sulfonamides is 1. The molecule has 1 aromatic carbocycles. The highest BCUT2D eigenvalue weighted by Gasteiger charge is 2.31. The predicted molar refractivity (Wildman–Crippen MR) is 121 cm³/mol. The number of pyridine rings is 1. The monoisotopic (exact) mass is 480 g/mol. The summed E-state index contributed by atoms with van der Waals surface area (Å²) in [5, 5.41) is 3.29. The van der Waals surface area contributed by atoms with Crippen LogP contribution in [0.4, 0.5) is 0 Å². The molecule has 0 saturated heterocycles. The standard InChI is InChI=1S/C21H25ClN4O5S/c1-3-32(30,31)24-10-11-25-14(2)13-26-18(21(25)29)9-8-17(20(26)28)19(27)23-12-15-4-6-16(22)7-5-15/h4-9,14,24H,3,10-13H2,1-2H3,(H,23,27). The van der Waals surface area contributed by atoms with Crippen LogP contribution in [0.25, 0.3) is 0 Å². The van der Waals surface area contributed by atoms with Crippen molar-refractivity contribution in [3.63, 3.8) is 0 Å². The lowest BCUT2D eigenvalue weighted by molar-refractivity contribution is 0.0612. The van der Waals surface area contributed by atoms with Crippen molar-refractivity contribution in [3.8, 4) is 0 Å². The molecule has 0 bridgehead atoms. The first kappa shape index (κ1) is 24.0. The molecule has 0 spiro atoms. The van der Waals surface area contributed by atoms with Gasteiger partial charge in [-0.05, 0) is 43.7 Å². The zero-order valence-corrected chi connectivity index (χ0v) is 19.4. The Bertz CT molecular complexity index is 1180. The van der Waals surface area contributed by atoms with Crippen molar-refractivity contribution in [2.75, 3.05) is 18.8 Å². The van der Waals surface area contributed by atoms with Crippen molar-refractivity contribution < 1.29 is 18.0 Å². The average Bonchev–Trinajstić information content (AvgIpc) is 2.76. The number of aromatic nitrogens is 1. The zero-order chi connectivity index (χ0) is 23.5. The summed E-state index contributed by atoms with van der Waals surface area (Å²) in [7, 11) is -3.36. The van der Waals surface area contributed by atoms with E-state index < -0.39 is 21.5 Å². The smallest absolute Gasteiger partial charge is 0.270 e. The third-order valence-electron chi connectivity index (χ3n) is 5.30. The zero-order valence-electron chi connectivity index (χ0n) is 17.8. The molecule has 0 radical (unpaired) electrons. The highest BCUT2D eigenvalue weighted by Crippen LogP contribution is 2.16. The van der Waals surface area contributed by atoms with Gasteiger partial charge >= 0.3 is 0 Å². The summed E-state index contributed by atoms with van der Waals surface area (Å²) in [4.78, 5) is 39.9. The van der Waals surface area contributed by atoms with Gasteiger partial charge in [-0.1, -0.05) is 23.7 Å². The largest absolute Gasteiger partial charge is 0.348 e. The van der Waals surface area contributed by atoms with Crippen LogP contribution < -0.4 is 15.6 Å². The summed E-state index contributed by atoms with van der Waals surface area (Å²) >= 11 is 5.85. The van der Waals surface area contributed by atoms with Crippen LogP contribution in [-0.4, -0.2) is 54.6 Å². The first-order chi connectivity index (χ1) is 15.1. The van der Waals surface area contributed by atoms with E-state index in [9.17, 15) is 22.8 Å². The van der Waals surface area contributed by atoms with Crippen molar-refractivity contribution >= 4 is 33.4 Å². The average molecular weight is 481 g/mol. The number of amides is 2. The molecule has 2 N–H and O–H groups in total. The quantitative estimate of drug-likeness (QED) is 0.589. The Morgan fingerprint density at radius 3 is 2.50 bits per heavy atom. The van der Waals surface area contributed by atoms with E-state index in [1.807, 2.05) is 0 Å². The molecule has 0 saturated carbocycles. The summed E-state index contributed by atoms with van der Waals surface area (Å²) in [6.07, 6.45) is 0. The van der Waals surface area contributed by atoms with Crippen LogP contribution in [0.15, 0.2) is 41.2 Å². The molecule has 2 amide bonds. The third kappa shape index (κ3) is 5.37. The summed E-state index contributed by atoms with van der Waals surface area (Å²) in [5.41, 5.74) is 0.411. The van der Waals surface area contributed by atoms with E-state index >= 15 is 0 Å². The second kappa shape index (κ2) is 9.85. The van der Waals surface area contributed by atoms with Gasteiger partial charge in [-0.15, -0.1) is 0 Å². The number of nitrogens with one attached hydrogen (secondary N) is 2. The molecular weight excluding hydrogens is 456 g/mol. The lowest BCUT2D eigenvalue weighted by Crippen LogP contribution is -2.52. The van der Waals surface area contributed by atoms with Crippen LogP contribution in [-0.2, 0) is 23.1 Å². The Kier molecular flexibility index (Phi) is 7.37. The predicted octanol–water partition coefficient (Wildman–Crippen LogP) is 1.22. The Balaban J connectivity index is 1.73. The maximum Gasteiger partial charge on any atom is 0.270 e. The number of hydrogen-bond donors (Lipinski definition) is 2. The molecule has 0 fully saturated rings. The van der Waals surface area contributed by atoms with Crippen molar-refractivity contribution in [2.45, 2.75) is 33.0 Å². The minimum absolute atomic E-state index is 0.0441. The van der Waals surface area contributed by atoms with E-state index in [4.69, 9.17) is 11.6 Å². The molecule has 32 heavy (non-hydrogen) atoms. The minimum Gasteiger partial charge on any atom is -0.348 e. The lowest BCUT2D eigenvalue weighted by atomic mass is 10.1. The van der Waals surface area contributed by atoms with Gasteiger partial charge in [-0.25, -0.2) is 13.1 Å². The summed E-state index contributed by atoms with van der Waals surface area (Å²) in [6.45, 7) is 4.00. The number of halogens is 1. The van der Waals surface area contributed by atoms with Gasteiger partial charge in [0.25, 0.3) is 17.4 Å². The van der Waals surface area contributed by atoms with E-state index in [0.717, 1.165) is 5.56 Å². The Morgan fingerprint density at radius 1 is 1.16 bits per heavy atom.